The lowest BCUT2D eigenvalue weighted by Crippen LogP contribution is -2.46. The summed E-state index contributed by atoms with van der Waals surface area (Å²) in [4.78, 5) is 39.5. The summed E-state index contributed by atoms with van der Waals surface area (Å²) in [6.45, 7) is 0.0119. The number of anilines is 1. The van der Waals surface area contributed by atoms with Crippen LogP contribution in [0.5, 0.6) is 0 Å². The van der Waals surface area contributed by atoms with Crippen LogP contribution in [0.15, 0.2) is 102 Å². The van der Waals surface area contributed by atoms with Crippen molar-refractivity contribution >= 4 is 44.3 Å². The molecule has 5 rings (SSSR count). The zero-order valence-corrected chi connectivity index (χ0v) is 22.0. The molecular weight excluding hydrogens is 516 g/mol. The van der Waals surface area contributed by atoms with E-state index in [1.165, 1.54) is 37.4 Å². The van der Waals surface area contributed by atoms with Crippen LogP contribution in [-0.2, 0) is 30.8 Å². The Kier molecular flexibility index (Phi) is 7.28. The number of rotatable bonds is 8. The van der Waals surface area contributed by atoms with Gasteiger partial charge in [-0.15, -0.1) is 0 Å². The van der Waals surface area contributed by atoms with E-state index >= 15 is 0 Å². The van der Waals surface area contributed by atoms with E-state index in [4.69, 9.17) is 4.74 Å². The van der Waals surface area contributed by atoms with Crippen molar-refractivity contribution in [1.29, 1.82) is 0 Å². The van der Waals surface area contributed by atoms with Crippen LogP contribution in [-0.4, -0.2) is 50.2 Å². The molecule has 198 valence electrons. The Morgan fingerprint density at radius 2 is 1.56 bits per heavy atom. The Morgan fingerprint density at radius 3 is 2.26 bits per heavy atom. The van der Waals surface area contributed by atoms with Gasteiger partial charge in [0.25, 0.3) is 5.91 Å². The summed E-state index contributed by atoms with van der Waals surface area (Å²) in [6, 6.07) is 26.3. The third-order valence-electron chi connectivity index (χ3n) is 6.81. The first kappa shape index (κ1) is 26.3. The van der Waals surface area contributed by atoms with Gasteiger partial charge in [-0.2, -0.15) is 4.31 Å². The number of benzene rings is 4. The van der Waals surface area contributed by atoms with Crippen molar-refractivity contribution in [2.45, 2.75) is 23.8 Å². The van der Waals surface area contributed by atoms with Crippen LogP contribution in [0.1, 0.15) is 22.3 Å². The van der Waals surface area contributed by atoms with Gasteiger partial charge in [0.15, 0.2) is 0 Å². The number of methoxy groups -OCH3 is 1. The number of hydrogen-bond acceptors (Lipinski definition) is 6. The van der Waals surface area contributed by atoms with Gasteiger partial charge in [0, 0.05) is 6.54 Å². The average Bonchev–Trinajstić information content (AvgIpc) is 3.25. The summed E-state index contributed by atoms with van der Waals surface area (Å²) in [5, 5.41) is 1.64. The van der Waals surface area contributed by atoms with E-state index in [-0.39, 0.29) is 29.1 Å². The minimum Gasteiger partial charge on any atom is -0.465 e. The van der Waals surface area contributed by atoms with E-state index in [0.29, 0.717) is 6.42 Å². The van der Waals surface area contributed by atoms with Crippen molar-refractivity contribution in [3.05, 3.63) is 108 Å². The number of hydrogen-bond donors (Lipinski definition) is 0. The van der Waals surface area contributed by atoms with Gasteiger partial charge in [-0.25, -0.2) is 18.1 Å². The van der Waals surface area contributed by atoms with Crippen LogP contribution in [0.3, 0.4) is 0 Å². The molecule has 0 aliphatic carbocycles. The molecule has 39 heavy (non-hydrogen) atoms. The fourth-order valence-electron chi connectivity index (χ4n) is 4.77. The van der Waals surface area contributed by atoms with Crippen LogP contribution >= 0.6 is 0 Å². The normalized spacial score (nSPS) is 15.7. The van der Waals surface area contributed by atoms with E-state index < -0.39 is 33.8 Å². The first-order valence-corrected chi connectivity index (χ1v) is 13.8. The number of ether oxygens (including phenoxy) is 1. The summed E-state index contributed by atoms with van der Waals surface area (Å²) >= 11 is 0. The van der Waals surface area contributed by atoms with E-state index in [1.54, 1.807) is 12.1 Å². The predicted octanol–water partition coefficient (Wildman–Crippen LogP) is 4.19. The molecule has 0 spiro atoms. The van der Waals surface area contributed by atoms with Crippen LogP contribution in [0.25, 0.3) is 10.8 Å². The monoisotopic (exact) mass is 542 g/mol. The van der Waals surface area contributed by atoms with E-state index in [9.17, 15) is 22.8 Å². The number of esters is 1. The van der Waals surface area contributed by atoms with Crippen molar-refractivity contribution in [2.24, 2.45) is 0 Å². The predicted molar refractivity (Wildman–Crippen MR) is 147 cm³/mol. The minimum absolute atomic E-state index is 0.0119. The van der Waals surface area contributed by atoms with Crippen LogP contribution < -0.4 is 4.90 Å². The Balaban J connectivity index is 1.50. The number of fused-ring (bicyclic) bond motifs is 1. The summed E-state index contributed by atoms with van der Waals surface area (Å²) in [7, 11) is -2.90. The molecule has 1 aliphatic rings. The highest BCUT2D eigenvalue weighted by molar-refractivity contribution is 7.89. The molecule has 0 radical (unpaired) electrons. The molecule has 1 heterocycles. The molecule has 1 unspecified atom stereocenters. The number of carbonyl (C=O) groups is 3. The van der Waals surface area contributed by atoms with Gasteiger partial charge in [0.1, 0.15) is 6.04 Å². The number of nitrogens with zero attached hydrogens (tertiary/aromatic N) is 2. The number of carbonyl (C=O) groups excluding carboxylic acids is 3. The number of amides is 2. The highest BCUT2D eigenvalue weighted by Gasteiger charge is 2.46. The molecule has 8 nitrogen and oxygen atoms in total. The second kappa shape index (κ2) is 10.8. The molecule has 9 heteroatoms. The van der Waals surface area contributed by atoms with Gasteiger partial charge >= 0.3 is 5.97 Å². The lowest BCUT2D eigenvalue weighted by molar-refractivity contribution is -0.122. The van der Waals surface area contributed by atoms with Crippen molar-refractivity contribution in [3.8, 4) is 0 Å². The SMILES string of the molecule is COC(=O)c1ccc(N2C(=O)CC(N(CCc3ccccc3)S(=O)(=O)c3ccc4ccccc4c3)C2=O)cc1. The molecule has 1 aliphatic heterocycles. The Labute approximate surface area is 226 Å². The topological polar surface area (TPSA) is 101 Å². The Morgan fingerprint density at radius 1 is 0.897 bits per heavy atom. The van der Waals surface area contributed by atoms with Gasteiger partial charge < -0.3 is 4.74 Å². The molecule has 2 amide bonds. The maximum Gasteiger partial charge on any atom is 0.337 e. The fraction of sp³-hybridized carbons (Fsp3) is 0.167. The van der Waals surface area contributed by atoms with Gasteiger partial charge in [0.2, 0.25) is 15.9 Å². The summed E-state index contributed by atoms with van der Waals surface area (Å²) in [6.07, 6.45) is 0.0681. The molecule has 0 saturated carbocycles. The van der Waals surface area contributed by atoms with Crippen molar-refractivity contribution in [1.82, 2.24) is 4.31 Å². The van der Waals surface area contributed by atoms with E-state index in [1.807, 2.05) is 54.6 Å². The van der Waals surface area contributed by atoms with Gasteiger partial charge in [-0.05, 0) is 59.2 Å². The molecule has 0 N–H and O–H groups in total. The number of imide groups is 1. The standard InChI is InChI=1S/C30H26N2O6S/c1-38-30(35)23-11-14-25(15-12-23)32-28(33)20-27(29(32)34)31(18-17-21-7-3-2-4-8-21)39(36,37)26-16-13-22-9-5-6-10-24(22)19-26/h2-16,19,27H,17-18,20H2,1H3. The molecule has 1 atom stereocenters. The summed E-state index contributed by atoms with van der Waals surface area (Å²) in [5.74, 6) is -1.70. The van der Waals surface area contributed by atoms with Crippen LogP contribution in [0.2, 0.25) is 0 Å². The van der Waals surface area contributed by atoms with Crippen LogP contribution in [0.4, 0.5) is 5.69 Å². The smallest absolute Gasteiger partial charge is 0.337 e. The fourth-order valence-corrected chi connectivity index (χ4v) is 6.39. The quantitative estimate of drug-likeness (QED) is 0.244. The first-order chi connectivity index (χ1) is 18.8. The Bertz CT molecular complexity index is 1650. The highest BCUT2D eigenvalue weighted by Crippen LogP contribution is 2.31. The van der Waals surface area contributed by atoms with Crippen molar-refractivity contribution in [3.63, 3.8) is 0 Å². The summed E-state index contributed by atoms with van der Waals surface area (Å²) in [5.41, 5.74) is 1.43. The first-order valence-electron chi connectivity index (χ1n) is 12.4. The molecule has 4 aromatic carbocycles. The van der Waals surface area contributed by atoms with Crippen molar-refractivity contribution in [2.75, 3.05) is 18.6 Å². The van der Waals surface area contributed by atoms with Gasteiger partial charge in [-0.3, -0.25) is 9.59 Å². The minimum atomic E-state index is -4.16. The molecule has 1 saturated heterocycles. The van der Waals surface area contributed by atoms with Crippen molar-refractivity contribution < 1.29 is 27.5 Å². The van der Waals surface area contributed by atoms with Crippen LogP contribution in [0, 0.1) is 0 Å². The second-order valence-corrected chi connectivity index (χ2v) is 11.1. The van der Waals surface area contributed by atoms with E-state index in [2.05, 4.69) is 0 Å². The van der Waals surface area contributed by atoms with E-state index in [0.717, 1.165) is 25.5 Å². The lowest BCUT2D eigenvalue weighted by Gasteiger charge is -2.27. The maximum absolute atomic E-state index is 14.0. The number of sulfonamides is 1. The summed E-state index contributed by atoms with van der Waals surface area (Å²) < 4.78 is 33.9. The highest BCUT2D eigenvalue weighted by atomic mass is 32.2. The Hall–Kier alpha value is -4.34. The zero-order chi connectivity index (χ0) is 27.6. The molecule has 1 fully saturated rings. The van der Waals surface area contributed by atoms with Gasteiger partial charge in [-0.1, -0.05) is 60.7 Å². The third kappa shape index (κ3) is 5.19. The average molecular weight is 543 g/mol. The maximum atomic E-state index is 14.0. The largest absolute Gasteiger partial charge is 0.465 e. The third-order valence-corrected chi connectivity index (χ3v) is 8.71. The molecule has 0 aromatic heterocycles. The zero-order valence-electron chi connectivity index (χ0n) is 21.2. The van der Waals surface area contributed by atoms with Gasteiger partial charge in [0.05, 0.1) is 29.7 Å². The molecule has 4 aromatic rings. The molecular formula is C30H26N2O6S. The lowest BCUT2D eigenvalue weighted by atomic mass is 10.1. The second-order valence-electron chi connectivity index (χ2n) is 9.19. The molecule has 0 bridgehead atoms.